The first-order valence-electron chi connectivity index (χ1n) is 12.9. The van der Waals surface area contributed by atoms with E-state index in [4.69, 9.17) is 10.2 Å². The van der Waals surface area contributed by atoms with Gasteiger partial charge in [0, 0.05) is 79.8 Å². The Morgan fingerprint density at radius 2 is 1.35 bits per heavy atom. The molecule has 1 fully saturated rings. The minimum absolute atomic E-state index is 0.146. The maximum atomic E-state index is 13.4. The molecule has 206 valence electrons. The lowest BCUT2D eigenvalue weighted by Gasteiger charge is -2.36. The van der Waals surface area contributed by atoms with Crippen LogP contribution in [0.15, 0.2) is 97.2 Å². The van der Waals surface area contributed by atoms with Crippen LogP contribution in [0.25, 0.3) is 16.6 Å². The summed E-state index contributed by atoms with van der Waals surface area (Å²) in [6.45, 7) is 4.63. The molecule has 9 heteroatoms. The smallest absolute Gasteiger partial charge is 0.328 e. The number of rotatable bonds is 8. The van der Waals surface area contributed by atoms with E-state index < -0.39 is 11.9 Å². The molecule has 0 atom stereocenters. The van der Waals surface area contributed by atoms with Gasteiger partial charge in [-0.05, 0) is 42.5 Å². The van der Waals surface area contributed by atoms with Gasteiger partial charge in [-0.25, -0.2) is 14.0 Å². The Hall–Kier alpha value is -4.76. The highest BCUT2D eigenvalue weighted by Crippen LogP contribution is 2.26. The number of carboxylic acid groups (broad SMARTS) is 2. The van der Waals surface area contributed by atoms with E-state index in [1.54, 1.807) is 12.1 Å². The Balaban J connectivity index is 0.000000406. The second kappa shape index (κ2) is 13.3. The number of piperazine rings is 1. The number of Topliss-reactive ketones (excluding diaryl/α,β-unsaturated/α-hetero) is 1. The number of carbonyl (C=O) groups excluding carboxylic acids is 1. The maximum Gasteiger partial charge on any atom is 0.328 e. The molecule has 3 aromatic carbocycles. The monoisotopic (exact) mass is 543 g/mol. The molecule has 1 saturated heterocycles. The molecule has 0 amide bonds. The molecule has 1 aromatic heterocycles. The summed E-state index contributed by atoms with van der Waals surface area (Å²) in [6, 6.07) is 24.8. The number of benzene rings is 3. The lowest BCUT2D eigenvalue weighted by Crippen LogP contribution is -2.46. The lowest BCUT2D eigenvalue weighted by molar-refractivity contribution is -0.134. The van der Waals surface area contributed by atoms with Crippen LogP contribution in [0.3, 0.4) is 0 Å². The van der Waals surface area contributed by atoms with E-state index in [0.29, 0.717) is 18.6 Å². The fourth-order valence-corrected chi connectivity index (χ4v) is 4.62. The molecule has 0 bridgehead atoms. The zero-order valence-electron chi connectivity index (χ0n) is 21.8. The van der Waals surface area contributed by atoms with Gasteiger partial charge >= 0.3 is 11.9 Å². The van der Waals surface area contributed by atoms with E-state index in [9.17, 15) is 18.8 Å². The number of aliphatic carboxylic acids is 2. The second-order valence-corrected chi connectivity index (χ2v) is 9.25. The molecule has 0 spiro atoms. The Kier molecular flexibility index (Phi) is 9.43. The van der Waals surface area contributed by atoms with Crippen LogP contribution < -0.4 is 4.90 Å². The number of aromatic nitrogens is 1. The molecule has 0 radical (unpaired) electrons. The quantitative estimate of drug-likeness (QED) is 0.241. The number of halogens is 1. The highest BCUT2D eigenvalue weighted by atomic mass is 19.1. The number of hydrogen-bond donors (Lipinski definition) is 2. The molecular weight excluding hydrogens is 513 g/mol. The van der Waals surface area contributed by atoms with Gasteiger partial charge in [0.2, 0.25) is 0 Å². The van der Waals surface area contributed by atoms with E-state index in [0.717, 1.165) is 54.9 Å². The maximum absolute atomic E-state index is 13.4. The number of ketones is 1. The van der Waals surface area contributed by atoms with Gasteiger partial charge < -0.3 is 19.7 Å². The minimum Gasteiger partial charge on any atom is -0.478 e. The summed E-state index contributed by atoms with van der Waals surface area (Å²) in [4.78, 5) is 37.1. The molecule has 2 heterocycles. The van der Waals surface area contributed by atoms with Crippen LogP contribution in [0.2, 0.25) is 0 Å². The fraction of sp³-hybridized carbons (Fsp3) is 0.194. The van der Waals surface area contributed by atoms with Crippen molar-refractivity contribution in [1.29, 1.82) is 0 Å². The largest absolute Gasteiger partial charge is 0.478 e. The van der Waals surface area contributed by atoms with Crippen molar-refractivity contribution in [2.75, 3.05) is 37.6 Å². The first-order valence-corrected chi connectivity index (χ1v) is 12.9. The van der Waals surface area contributed by atoms with Crippen LogP contribution in [0.1, 0.15) is 16.8 Å². The highest BCUT2D eigenvalue weighted by molar-refractivity contribution is 6.08. The predicted molar refractivity (Wildman–Crippen MR) is 152 cm³/mol. The second-order valence-electron chi connectivity index (χ2n) is 9.25. The van der Waals surface area contributed by atoms with E-state index in [1.807, 2.05) is 41.1 Å². The summed E-state index contributed by atoms with van der Waals surface area (Å²) in [5.74, 6) is -2.64. The first-order chi connectivity index (χ1) is 19.3. The first kappa shape index (κ1) is 28.3. The Morgan fingerprint density at radius 3 is 1.98 bits per heavy atom. The number of nitrogens with zero attached hydrogens (tertiary/aromatic N) is 3. The third-order valence-electron chi connectivity index (χ3n) is 6.63. The summed E-state index contributed by atoms with van der Waals surface area (Å²) in [6.07, 6.45) is 3.50. The van der Waals surface area contributed by atoms with Crippen LogP contribution >= 0.6 is 0 Å². The predicted octanol–water partition coefficient (Wildman–Crippen LogP) is 4.88. The summed E-state index contributed by atoms with van der Waals surface area (Å²) < 4.78 is 15.3. The van der Waals surface area contributed by atoms with Crippen LogP contribution in [-0.4, -0.2) is 70.1 Å². The van der Waals surface area contributed by atoms with Crippen molar-refractivity contribution in [2.24, 2.45) is 0 Å². The van der Waals surface area contributed by atoms with Gasteiger partial charge in [0.25, 0.3) is 0 Å². The molecule has 1 aliphatic rings. The van der Waals surface area contributed by atoms with Crippen molar-refractivity contribution in [3.63, 3.8) is 0 Å². The van der Waals surface area contributed by atoms with Crippen molar-refractivity contribution in [2.45, 2.75) is 6.42 Å². The summed E-state index contributed by atoms with van der Waals surface area (Å²) in [5.41, 5.74) is 3.79. The van der Waals surface area contributed by atoms with Crippen LogP contribution in [0.4, 0.5) is 10.1 Å². The van der Waals surface area contributed by atoms with Gasteiger partial charge in [-0.3, -0.25) is 9.69 Å². The molecule has 4 aromatic rings. The van der Waals surface area contributed by atoms with Gasteiger partial charge in [-0.1, -0.05) is 36.4 Å². The summed E-state index contributed by atoms with van der Waals surface area (Å²) in [5, 5.41) is 16.6. The summed E-state index contributed by atoms with van der Waals surface area (Å²) >= 11 is 0. The topological polar surface area (TPSA) is 103 Å². The Bertz CT molecular complexity index is 1470. The molecular formula is C31H30FN3O5. The van der Waals surface area contributed by atoms with E-state index >= 15 is 0 Å². The van der Waals surface area contributed by atoms with Crippen molar-refractivity contribution in [3.8, 4) is 5.69 Å². The minimum atomic E-state index is -1.26. The number of carbonyl (C=O) groups is 3. The van der Waals surface area contributed by atoms with Crippen LogP contribution in [0, 0.1) is 5.82 Å². The zero-order chi connectivity index (χ0) is 28.5. The average molecular weight is 544 g/mol. The van der Waals surface area contributed by atoms with E-state index in [2.05, 4.69) is 34.1 Å². The molecule has 0 aliphatic carbocycles. The van der Waals surface area contributed by atoms with Gasteiger partial charge in [0.1, 0.15) is 5.82 Å². The van der Waals surface area contributed by atoms with Crippen LogP contribution in [0.5, 0.6) is 0 Å². The van der Waals surface area contributed by atoms with Crippen molar-refractivity contribution >= 4 is 34.3 Å². The SMILES string of the molecule is O=C(CCN1CCN(c2ccccc2)CC1)c1cn(-c2ccc(F)cc2)c2ccccc12.O=C(O)/C=C/C(=O)O. The molecule has 0 saturated carbocycles. The molecule has 40 heavy (non-hydrogen) atoms. The standard InChI is InChI=1S/C27H26FN3O.C4H4O4/c28-21-10-12-23(13-11-21)31-20-25(24-8-4-5-9-26(24)31)27(32)14-15-29-16-18-30(19-17-29)22-6-2-1-3-7-22;5-3(6)1-2-4(7)8/h1-13,20H,14-19H2;1-2H,(H,5,6)(H,7,8)/b;2-1+. The number of hydrogen-bond acceptors (Lipinski definition) is 5. The summed E-state index contributed by atoms with van der Waals surface area (Å²) in [7, 11) is 0. The number of para-hydroxylation sites is 2. The molecule has 0 unspecified atom stereocenters. The third-order valence-corrected chi connectivity index (χ3v) is 6.63. The number of anilines is 1. The molecule has 8 nitrogen and oxygen atoms in total. The van der Waals surface area contributed by atoms with E-state index in [-0.39, 0.29) is 11.6 Å². The third kappa shape index (κ3) is 7.42. The Labute approximate surface area is 231 Å². The van der Waals surface area contributed by atoms with E-state index in [1.165, 1.54) is 17.8 Å². The lowest BCUT2D eigenvalue weighted by atomic mass is 10.1. The van der Waals surface area contributed by atoms with Gasteiger partial charge in [-0.15, -0.1) is 0 Å². The zero-order valence-corrected chi connectivity index (χ0v) is 21.8. The van der Waals surface area contributed by atoms with Gasteiger partial charge in [0.15, 0.2) is 5.78 Å². The molecule has 1 aliphatic heterocycles. The molecule has 2 N–H and O–H groups in total. The van der Waals surface area contributed by atoms with Crippen molar-refractivity contribution in [1.82, 2.24) is 9.47 Å². The Morgan fingerprint density at radius 1 is 0.750 bits per heavy atom. The van der Waals surface area contributed by atoms with Crippen molar-refractivity contribution in [3.05, 3.63) is 109 Å². The normalized spacial score (nSPS) is 13.7. The van der Waals surface area contributed by atoms with Crippen LogP contribution in [-0.2, 0) is 9.59 Å². The highest BCUT2D eigenvalue weighted by Gasteiger charge is 2.20. The van der Waals surface area contributed by atoms with Gasteiger partial charge in [-0.2, -0.15) is 0 Å². The fourth-order valence-electron chi connectivity index (χ4n) is 4.62. The molecule has 5 rings (SSSR count). The number of fused-ring (bicyclic) bond motifs is 1. The van der Waals surface area contributed by atoms with Gasteiger partial charge in [0.05, 0.1) is 5.52 Å². The number of carboxylic acids is 2. The van der Waals surface area contributed by atoms with Crippen molar-refractivity contribution < 1.29 is 29.0 Å². The average Bonchev–Trinajstić information content (AvgIpc) is 3.36.